The second kappa shape index (κ2) is 5.02. The van der Waals surface area contributed by atoms with E-state index in [0.29, 0.717) is 17.4 Å². The summed E-state index contributed by atoms with van der Waals surface area (Å²) in [5, 5.41) is 0. The molecule has 88 valence electrons. The van der Waals surface area contributed by atoms with Crippen molar-refractivity contribution in [2.75, 3.05) is 13.1 Å². The molecule has 0 aromatic rings. The monoisotopic (exact) mass is 322 g/mol. The Bertz CT molecular complexity index is 246. The largest absolute Gasteiger partial charge is 0.346 e. The van der Waals surface area contributed by atoms with Gasteiger partial charge in [0.25, 0.3) is 0 Å². The normalized spacial score (nSPS) is 19.7. The summed E-state index contributed by atoms with van der Waals surface area (Å²) >= 11 is 2.37. The third-order valence-electron chi connectivity index (χ3n) is 3.50. The molecular weight excluding hydrogens is 299 g/mol. The third kappa shape index (κ3) is 2.86. The molecule has 1 heterocycles. The summed E-state index contributed by atoms with van der Waals surface area (Å²) in [6.07, 6.45) is 1.22. The van der Waals surface area contributed by atoms with Gasteiger partial charge in [0.15, 0.2) is 3.84 Å². The zero-order valence-electron chi connectivity index (χ0n) is 10.5. The Labute approximate surface area is 108 Å². The lowest BCUT2D eigenvalue weighted by Gasteiger charge is -2.43. The molecule has 0 saturated carbocycles. The van der Waals surface area contributed by atoms with Crippen LogP contribution in [0.4, 0.5) is 0 Å². The molecule has 15 heavy (non-hydrogen) atoms. The minimum atomic E-state index is 0.366. The lowest BCUT2D eigenvalue weighted by atomic mass is 9.76. The molecule has 1 aliphatic rings. The molecule has 3 heteroatoms. The van der Waals surface area contributed by atoms with Crippen LogP contribution in [0.2, 0.25) is 0 Å². The predicted octanol–water partition coefficient (Wildman–Crippen LogP) is 3.55. The quantitative estimate of drug-likeness (QED) is 0.571. The zero-order valence-corrected chi connectivity index (χ0v) is 12.7. The summed E-state index contributed by atoms with van der Waals surface area (Å²) in [5.74, 6) is 0.679. The van der Waals surface area contributed by atoms with Gasteiger partial charge in [-0.2, -0.15) is 0 Å². The van der Waals surface area contributed by atoms with Gasteiger partial charge in [-0.1, -0.05) is 34.6 Å². The minimum Gasteiger partial charge on any atom is -0.346 e. The summed E-state index contributed by atoms with van der Waals surface area (Å²) in [6, 6.07) is 0.612. The number of nitrogens with zero attached hydrogens (tertiary/aromatic N) is 2. The highest BCUT2D eigenvalue weighted by atomic mass is 127. The van der Waals surface area contributed by atoms with E-state index in [-0.39, 0.29) is 0 Å². The van der Waals surface area contributed by atoms with Gasteiger partial charge in [0.1, 0.15) is 0 Å². The predicted molar refractivity (Wildman–Crippen MR) is 75.7 cm³/mol. The van der Waals surface area contributed by atoms with E-state index in [1.165, 1.54) is 10.3 Å². The van der Waals surface area contributed by atoms with E-state index < -0.39 is 0 Å². The van der Waals surface area contributed by atoms with Crippen molar-refractivity contribution in [1.29, 1.82) is 0 Å². The minimum absolute atomic E-state index is 0.366. The maximum Gasteiger partial charge on any atom is 0.162 e. The lowest BCUT2D eigenvalue weighted by Crippen LogP contribution is -2.48. The van der Waals surface area contributed by atoms with Gasteiger partial charge in [-0.3, -0.25) is 4.99 Å². The molecule has 0 aliphatic carbocycles. The highest BCUT2D eigenvalue weighted by Crippen LogP contribution is 2.35. The topological polar surface area (TPSA) is 15.6 Å². The van der Waals surface area contributed by atoms with Crippen LogP contribution in [0, 0.1) is 11.3 Å². The van der Waals surface area contributed by atoms with Gasteiger partial charge >= 0.3 is 0 Å². The van der Waals surface area contributed by atoms with Crippen LogP contribution in [0.3, 0.4) is 0 Å². The first-order chi connectivity index (χ1) is 6.90. The fourth-order valence-electron chi connectivity index (χ4n) is 2.58. The summed E-state index contributed by atoms with van der Waals surface area (Å²) < 4.78 is 1.20. The Morgan fingerprint density at radius 1 is 1.47 bits per heavy atom. The smallest absolute Gasteiger partial charge is 0.162 e. The van der Waals surface area contributed by atoms with Crippen molar-refractivity contribution in [3.8, 4) is 0 Å². The van der Waals surface area contributed by atoms with E-state index in [1.54, 1.807) is 0 Å². The fraction of sp³-hybridized carbons (Fsp3) is 0.917. The van der Waals surface area contributed by atoms with Gasteiger partial charge in [0.2, 0.25) is 0 Å². The first kappa shape index (κ1) is 13.3. The molecule has 2 nitrogen and oxygen atoms in total. The molecular formula is C12H23IN2. The molecule has 0 bridgehead atoms. The highest BCUT2D eigenvalue weighted by Gasteiger charge is 2.37. The number of hydrogen-bond acceptors (Lipinski definition) is 2. The molecule has 0 amide bonds. The highest BCUT2D eigenvalue weighted by molar-refractivity contribution is 14.1. The van der Waals surface area contributed by atoms with Crippen molar-refractivity contribution in [3.63, 3.8) is 0 Å². The van der Waals surface area contributed by atoms with E-state index in [1.807, 2.05) is 0 Å². The van der Waals surface area contributed by atoms with Crippen molar-refractivity contribution < 1.29 is 0 Å². The second-order valence-corrected chi connectivity index (χ2v) is 6.34. The van der Waals surface area contributed by atoms with E-state index in [2.05, 4.69) is 67.1 Å². The molecule has 0 radical (unpaired) electrons. The van der Waals surface area contributed by atoms with Crippen molar-refractivity contribution in [2.45, 2.75) is 47.1 Å². The number of amidine groups is 1. The van der Waals surface area contributed by atoms with E-state index in [9.17, 15) is 0 Å². The van der Waals surface area contributed by atoms with Gasteiger partial charge in [-0.25, -0.2) is 0 Å². The van der Waals surface area contributed by atoms with Gasteiger partial charge in [-0.05, 0) is 40.3 Å². The summed E-state index contributed by atoms with van der Waals surface area (Å²) in [4.78, 5) is 6.99. The summed E-state index contributed by atoms with van der Waals surface area (Å²) in [6.45, 7) is 13.8. The SMILES string of the molecule is CCC(C)(C)C(C(C)C)N1CCN=C1I. The van der Waals surface area contributed by atoms with Crippen LogP contribution in [0.25, 0.3) is 0 Å². The Kier molecular flexibility index (Phi) is 4.44. The van der Waals surface area contributed by atoms with Gasteiger partial charge in [0, 0.05) is 12.6 Å². The van der Waals surface area contributed by atoms with Gasteiger partial charge in [0.05, 0.1) is 6.54 Å². The molecule has 1 unspecified atom stereocenters. The third-order valence-corrected chi connectivity index (χ3v) is 4.46. The van der Waals surface area contributed by atoms with Gasteiger partial charge < -0.3 is 4.90 Å². The van der Waals surface area contributed by atoms with Crippen molar-refractivity contribution in [1.82, 2.24) is 4.90 Å². The molecule has 0 saturated heterocycles. The van der Waals surface area contributed by atoms with Crippen LogP contribution in [0.1, 0.15) is 41.0 Å². The second-order valence-electron chi connectivity index (χ2n) is 5.38. The fourth-order valence-corrected chi connectivity index (χ4v) is 3.36. The Hall–Kier alpha value is 0.200. The Balaban J connectivity index is 2.88. The van der Waals surface area contributed by atoms with Crippen LogP contribution >= 0.6 is 22.6 Å². The Morgan fingerprint density at radius 2 is 2.07 bits per heavy atom. The maximum absolute atomic E-state index is 4.50. The Morgan fingerprint density at radius 3 is 2.40 bits per heavy atom. The van der Waals surface area contributed by atoms with Gasteiger partial charge in [-0.15, -0.1) is 0 Å². The zero-order chi connectivity index (χ0) is 11.6. The summed E-state index contributed by atoms with van der Waals surface area (Å²) in [5.41, 5.74) is 0.366. The van der Waals surface area contributed by atoms with Crippen molar-refractivity contribution in [2.24, 2.45) is 16.3 Å². The summed E-state index contributed by atoms with van der Waals surface area (Å²) in [7, 11) is 0. The molecule has 0 fully saturated rings. The van der Waals surface area contributed by atoms with E-state index in [0.717, 1.165) is 13.1 Å². The number of rotatable bonds is 4. The molecule has 0 spiro atoms. The van der Waals surface area contributed by atoms with Crippen LogP contribution < -0.4 is 0 Å². The van der Waals surface area contributed by atoms with Crippen LogP contribution in [0.15, 0.2) is 4.99 Å². The molecule has 1 atom stereocenters. The molecule has 1 rings (SSSR count). The standard InChI is InChI=1S/C12H23IN2/c1-6-12(4,5)10(9(2)3)15-8-7-14-11(15)13/h9-10H,6-8H2,1-5H3. The van der Waals surface area contributed by atoms with E-state index in [4.69, 9.17) is 0 Å². The average Bonchev–Trinajstić information content (AvgIpc) is 2.51. The van der Waals surface area contributed by atoms with Crippen LogP contribution in [-0.2, 0) is 0 Å². The molecule has 0 aromatic carbocycles. The lowest BCUT2D eigenvalue weighted by molar-refractivity contribution is 0.112. The van der Waals surface area contributed by atoms with Crippen LogP contribution in [0.5, 0.6) is 0 Å². The number of aliphatic imine (C=N–C) groups is 1. The first-order valence-corrected chi connectivity index (χ1v) is 6.94. The molecule has 0 N–H and O–H groups in total. The molecule has 0 aromatic heterocycles. The van der Waals surface area contributed by atoms with Crippen molar-refractivity contribution >= 4 is 26.4 Å². The van der Waals surface area contributed by atoms with Crippen molar-refractivity contribution in [3.05, 3.63) is 0 Å². The van der Waals surface area contributed by atoms with Crippen LogP contribution in [-0.4, -0.2) is 27.9 Å². The van der Waals surface area contributed by atoms with E-state index >= 15 is 0 Å². The maximum atomic E-state index is 4.50. The molecule has 1 aliphatic heterocycles. The first-order valence-electron chi connectivity index (χ1n) is 5.86. The average molecular weight is 322 g/mol. The number of halogens is 1. The number of hydrogen-bond donors (Lipinski definition) is 0.